The van der Waals surface area contributed by atoms with Crippen LogP contribution < -0.4 is 0 Å². The Kier molecular flexibility index (Phi) is 13.8. The lowest BCUT2D eigenvalue weighted by atomic mass is 9.97. The number of carbonyl (C=O) groups excluding carboxylic acids is 1. The van der Waals surface area contributed by atoms with E-state index in [4.69, 9.17) is 14.6 Å². The SMILES string of the molecule is CCCCCCCCOCCC(CC(=O)OC1CCCCC1)=C(CC(=O)O)C(=O)O. The second-order valence-corrected chi connectivity index (χ2v) is 8.01. The van der Waals surface area contributed by atoms with Gasteiger partial charge in [-0.2, -0.15) is 0 Å². The molecule has 2 N–H and O–H groups in total. The lowest BCUT2D eigenvalue weighted by molar-refractivity contribution is -0.149. The molecule has 0 aromatic carbocycles. The number of carboxylic acid groups (broad SMARTS) is 2. The van der Waals surface area contributed by atoms with E-state index in [1.165, 1.54) is 25.7 Å². The first-order chi connectivity index (χ1) is 14.4. The minimum Gasteiger partial charge on any atom is -0.481 e. The van der Waals surface area contributed by atoms with Crippen molar-refractivity contribution in [2.75, 3.05) is 13.2 Å². The summed E-state index contributed by atoms with van der Waals surface area (Å²) in [6, 6.07) is 0. The summed E-state index contributed by atoms with van der Waals surface area (Å²) in [4.78, 5) is 35.1. The number of ether oxygens (including phenoxy) is 2. The molecule has 0 aliphatic heterocycles. The Hall–Kier alpha value is -1.89. The van der Waals surface area contributed by atoms with E-state index in [1.807, 2.05) is 0 Å². The highest BCUT2D eigenvalue weighted by molar-refractivity contribution is 5.93. The number of unbranched alkanes of at least 4 members (excludes halogenated alkanes) is 5. The molecule has 1 rings (SSSR count). The van der Waals surface area contributed by atoms with Crippen LogP contribution in [0.15, 0.2) is 11.1 Å². The van der Waals surface area contributed by atoms with Crippen LogP contribution in [0.5, 0.6) is 0 Å². The average Bonchev–Trinajstić information content (AvgIpc) is 2.70. The molecule has 0 unspecified atom stereocenters. The Morgan fingerprint density at radius 1 is 0.867 bits per heavy atom. The lowest BCUT2D eigenvalue weighted by Gasteiger charge is -2.22. The minimum atomic E-state index is -1.31. The van der Waals surface area contributed by atoms with Crippen LogP contribution in [0.2, 0.25) is 0 Å². The zero-order valence-electron chi connectivity index (χ0n) is 18.3. The smallest absolute Gasteiger partial charge is 0.332 e. The molecule has 0 aromatic heterocycles. The number of rotatable bonds is 16. The summed E-state index contributed by atoms with van der Waals surface area (Å²) in [5.74, 6) is -3.04. The van der Waals surface area contributed by atoms with Gasteiger partial charge in [0.15, 0.2) is 0 Å². The Bertz CT molecular complexity index is 562. The van der Waals surface area contributed by atoms with Gasteiger partial charge in [0.2, 0.25) is 0 Å². The van der Waals surface area contributed by atoms with Crippen LogP contribution >= 0.6 is 0 Å². The molecule has 0 atom stereocenters. The molecule has 0 aromatic rings. The first kappa shape index (κ1) is 26.1. The van der Waals surface area contributed by atoms with E-state index >= 15 is 0 Å². The number of carboxylic acids is 2. The fourth-order valence-electron chi connectivity index (χ4n) is 3.72. The highest BCUT2D eigenvalue weighted by atomic mass is 16.5. The van der Waals surface area contributed by atoms with Crippen molar-refractivity contribution in [3.63, 3.8) is 0 Å². The van der Waals surface area contributed by atoms with Crippen LogP contribution in [0.3, 0.4) is 0 Å². The van der Waals surface area contributed by atoms with Crippen molar-refractivity contribution < 1.29 is 34.1 Å². The molecule has 0 heterocycles. The topological polar surface area (TPSA) is 110 Å². The molecule has 1 fully saturated rings. The lowest BCUT2D eigenvalue weighted by Crippen LogP contribution is -2.22. The van der Waals surface area contributed by atoms with E-state index in [0.29, 0.717) is 6.61 Å². The Balaban J connectivity index is 2.56. The van der Waals surface area contributed by atoms with E-state index in [1.54, 1.807) is 0 Å². The van der Waals surface area contributed by atoms with Crippen LogP contribution in [-0.2, 0) is 23.9 Å². The van der Waals surface area contributed by atoms with Gasteiger partial charge in [-0.3, -0.25) is 9.59 Å². The number of esters is 1. The van der Waals surface area contributed by atoms with Gasteiger partial charge in [0.05, 0.1) is 19.4 Å². The highest BCUT2D eigenvalue weighted by Gasteiger charge is 2.23. The van der Waals surface area contributed by atoms with Crippen LogP contribution in [0.4, 0.5) is 0 Å². The van der Waals surface area contributed by atoms with Crippen molar-refractivity contribution in [2.24, 2.45) is 0 Å². The molecule has 0 bridgehead atoms. The van der Waals surface area contributed by atoms with Crippen molar-refractivity contribution >= 4 is 17.9 Å². The number of aliphatic carboxylic acids is 2. The maximum atomic E-state index is 12.4. The molecule has 7 heteroatoms. The first-order valence-corrected chi connectivity index (χ1v) is 11.4. The van der Waals surface area contributed by atoms with Gasteiger partial charge in [0.1, 0.15) is 6.10 Å². The van der Waals surface area contributed by atoms with Gasteiger partial charge < -0.3 is 19.7 Å². The standard InChI is InChI=1S/C23H38O7/c1-2-3-4-5-6-10-14-29-15-13-18(20(23(27)28)17-21(24)25)16-22(26)30-19-11-8-7-9-12-19/h19H,2-17H2,1H3,(H,24,25)(H,27,28). The van der Waals surface area contributed by atoms with Gasteiger partial charge in [-0.1, -0.05) is 45.4 Å². The van der Waals surface area contributed by atoms with Crippen molar-refractivity contribution in [1.82, 2.24) is 0 Å². The fraction of sp³-hybridized carbons (Fsp3) is 0.783. The van der Waals surface area contributed by atoms with Gasteiger partial charge in [-0.25, -0.2) is 4.79 Å². The summed E-state index contributed by atoms with van der Waals surface area (Å²) in [5.41, 5.74) is 0.0416. The molecule has 7 nitrogen and oxygen atoms in total. The Morgan fingerprint density at radius 2 is 1.53 bits per heavy atom. The van der Waals surface area contributed by atoms with Gasteiger partial charge in [-0.15, -0.1) is 0 Å². The van der Waals surface area contributed by atoms with Crippen molar-refractivity contribution in [2.45, 2.75) is 103 Å². The zero-order chi connectivity index (χ0) is 22.2. The van der Waals surface area contributed by atoms with E-state index < -0.39 is 24.3 Å². The van der Waals surface area contributed by atoms with Crippen LogP contribution in [-0.4, -0.2) is 47.4 Å². The zero-order valence-corrected chi connectivity index (χ0v) is 18.3. The van der Waals surface area contributed by atoms with Gasteiger partial charge >= 0.3 is 17.9 Å². The quantitative estimate of drug-likeness (QED) is 0.206. The molecule has 1 aliphatic rings. The fourth-order valence-corrected chi connectivity index (χ4v) is 3.72. The highest BCUT2D eigenvalue weighted by Crippen LogP contribution is 2.23. The maximum absolute atomic E-state index is 12.4. The second kappa shape index (κ2) is 15.9. The summed E-state index contributed by atoms with van der Waals surface area (Å²) < 4.78 is 11.1. The number of hydrogen-bond donors (Lipinski definition) is 2. The molecular weight excluding hydrogens is 388 g/mol. The molecule has 30 heavy (non-hydrogen) atoms. The molecule has 0 saturated heterocycles. The summed E-state index contributed by atoms with van der Waals surface area (Å²) >= 11 is 0. The third-order valence-electron chi connectivity index (χ3n) is 5.41. The van der Waals surface area contributed by atoms with Gasteiger partial charge in [0, 0.05) is 12.2 Å². The minimum absolute atomic E-state index is 0.121. The summed E-state index contributed by atoms with van der Waals surface area (Å²) in [7, 11) is 0. The van der Waals surface area contributed by atoms with Crippen LogP contribution in [0, 0.1) is 0 Å². The molecule has 1 saturated carbocycles. The third-order valence-corrected chi connectivity index (χ3v) is 5.41. The monoisotopic (exact) mass is 426 g/mol. The average molecular weight is 427 g/mol. The van der Waals surface area contributed by atoms with E-state index in [2.05, 4.69) is 6.92 Å². The number of carbonyl (C=O) groups is 3. The Morgan fingerprint density at radius 3 is 2.17 bits per heavy atom. The third kappa shape index (κ3) is 12.0. The largest absolute Gasteiger partial charge is 0.481 e. The van der Waals surface area contributed by atoms with Crippen LogP contribution in [0.25, 0.3) is 0 Å². The Labute approximate surface area is 179 Å². The molecule has 1 aliphatic carbocycles. The summed E-state index contributed by atoms with van der Waals surface area (Å²) in [5, 5.41) is 18.5. The van der Waals surface area contributed by atoms with Crippen molar-refractivity contribution in [3.05, 3.63) is 11.1 Å². The summed E-state index contributed by atoms with van der Waals surface area (Å²) in [6.07, 6.45) is 11.0. The molecule has 0 spiro atoms. The van der Waals surface area contributed by atoms with Gasteiger partial charge in [0.25, 0.3) is 0 Å². The molecular formula is C23H38O7. The maximum Gasteiger partial charge on any atom is 0.332 e. The van der Waals surface area contributed by atoms with E-state index in [-0.39, 0.29) is 36.7 Å². The van der Waals surface area contributed by atoms with Crippen molar-refractivity contribution in [3.8, 4) is 0 Å². The molecule has 0 amide bonds. The normalized spacial score (nSPS) is 15.5. The first-order valence-electron chi connectivity index (χ1n) is 11.4. The predicted molar refractivity (Wildman–Crippen MR) is 113 cm³/mol. The van der Waals surface area contributed by atoms with Crippen LogP contribution in [0.1, 0.15) is 96.8 Å². The van der Waals surface area contributed by atoms with Gasteiger partial charge in [-0.05, 0) is 44.1 Å². The van der Waals surface area contributed by atoms with E-state index in [0.717, 1.165) is 44.9 Å². The predicted octanol–water partition coefficient (Wildman–Crippen LogP) is 4.88. The second-order valence-electron chi connectivity index (χ2n) is 8.01. The molecule has 172 valence electrons. The molecule has 0 radical (unpaired) electrons. The summed E-state index contributed by atoms with van der Waals surface area (Å²) in [6.45, 7) is 3.01. The number of hydrogen-bond acceptors (Lipinski definition) is 5. The van der Waals surface area contributed by atoms with E-state index in [9.17, 15) is 19.5 Å². The van der Waals surface area contributed by atoms with Crippen molar-refractivity contribution in [1.29, 1.82) is 0 Å².